The fourth-order valence-corrected chi connectivity index (χ4v) is 5.09. The van der Waals surface area contributed by atoms with Gasteiger partial charge >= 0.3 is 0 Å². The van der Waals surface area contributed by atoms with E-state index in [-0.39, 0.29) is 10.8 Å². The second kappa shape index (κ2) is 8.16. The van der Waals surface area contributed by atoms with E-state index in [4.69, 9.17) is 0 Å². The molecule has 1 N–H and O–H groups in total. The number of carbonyl (C=O) groups excluding carboxylic acids is 1. The minimum absolute atomic E-state index is 0.170. The number of sulfonamides is 1. The Morgan fingerprint density at radius 3 is 2.41 bits per heavy atom. The zero-order valence-electron chi connectivity index (χ0n) is 15.5. The molecule has 1 fully saturated rings. The van der Waals surface area contributed by atoms with E-state index in [9.17, 15) is 13.2 Å². The molecule has 1 aliphatic rings. The van der Waals surface area contributed by atoms with Gasteiger partial charge in [0.15, 0.2) is 0 Å². The van der Waals surface area contributed by atoms with E-state index < -0.39 is 10.0 Å². The van der Waals surface area contributed by atoms with Crippen molar-refractivity contribution in [3.63, 3.8) is 0 Å². The molecule has 27 heavy (non-hydrogen) atoms. The topological polar surface area (TPSA) is 71.4 Å². The van der Waals surface area contributed by atoms with Crippen molar-refractivity contribution in [2.45, 2.75) is 37.5 Å². The van der Waals surface area contributed by atoms with Crippen LogP contribution in [-0.4, -0.2) is 36.3 Å². The maximum atomic E-state index is 12.9. The predicted octanol–water partition coefficient (Wildman–Crippen LogP) is 3.91. The largest absolute Gasteiger partial charge is 0.345 e. The van der Waals surface area contributed by atoms with Gasteiger partial charge in [-0.25, -0.2) is 8.42 Å². The van der Waals surface area contributed by atoms with Crippen LogP contribution in [0.2, 0.25) is 0 Å². The van der Waals surface area contributed by atoms with Crippen LogP contribution in [-0.2, 0) is 17.1 Å². The summed E-state index contributed by atoms with van der Waals surface area (Å²) in [7, 11) is -1.90. The van der Waals surface area contributed by atoms with Gasteiger partial charge in [-0.15, -0.1) is 0 Å². The summed E-state index contributed by atoms with van der Waals surface area (Å²) in [4.78, 5) is 12.8. The number of carbonyl (C=O) groups is 1. The Morgan fingerprint density at radius 1 is 1.11 bits per heavy atom. The first-order valence-electron chi connectivity index (χ1n) is 9.03. The van der Waals surface area contributed by atoms with Crippen molar-refractivity contribution in [3.8, 4) is 0 Å². The molecule has 1 aromatic carbocycles. The summed E-state index contributed by atoms with van der Waals surface area (Å²) in [6.07, 6.45) is 5.38. The zero-order chi connectivity index (χ0) is 19.6. The molecular weight excluding hydrogens is 430 g/mol. The Bertz CT molecular complexity index is 945. The van der Waals surface area contributed by atoms with Crippen molar-refractivity contribution in [1.82, 2.24) is 8.87 Å². The Kier molecular flexibility index (Phi) is 6.08. The average molecular weight is 454 g/mol. The number of amides is 1. The molecule has 3 rings (SSSR count). The van der Waals surface area contributed by atoms with Gasteiger partial charge in [0.25, 0.3) is 5.91 Å². The zero-order valence-corrected chi connectivity index (χ0v) is 17.9. The minimum atomic E-state index is -3.58. The number of nitrogens with zero attached hydrogens (tertiary/aromatic N) is 2. The lowest BCUT2D eigenvalue weighted by Gasteiger charge is -2.18. The molecule has 0 unspecified atom stereocenters. The number of hydrogen-bond acceptors (Lipinski definition) is 3. The van der Waals surface area contributed by atoms with E-state index in [1.54, 1.807) is 17.7 Å². The highest BCUT2D eigenvalue weighted by molar-refractivity contribution is 9.10. The van der Waals surface area contributed by atoms with Crippen molar-refractivity contribution in [2.24, 2.45) is 7.05 Å². The first kappa shape index (κ1) is 20.1. The summed E-state index contributed by atoms with van der Waals surface area (Å²) < 4.78 is 29.9. The third-order valence-corrected chi connectivity index (χ3v) is 7.58. The van der Waals surface area contributed by atoms with Gasteiger partial charge in [-0.3, -0.25) is 4.79 Å². The van der Waals surface area contributed by atoms with Crippen molar-refractivity contribution in [3.05, 3.63) is 46.2 Å². The summed E-state index contributed by atoms with van der Waals surface area (Å²) in [5, 5.41) is 2.83. The van der Waals surface area contributed by atoms with Gasteiger partial charge in [-0.2, -0.15) is 4.31 Å². The van der Waals surface area contributed by atoms with Crippen LogP contribution in [0.5, 0.6) is 0 Å². The maximum Gasteiger partial charge on any atom is 0.272 e. The third kappa shape index (κ3) is 4.44. The van der Waals surface area contributed by atoms with Crippen LogP contribution in [0.1, 0.15) is 41.7 Å². The molecule has 6 nitrogen and oxygen atoms in total. The molecule has 0 spiro atoms. The van der Waals surface area contributed by atoms with Crippen molar-refractivity contribution in [1.29, 1.82) is 0 Å². The average Bonchev–Trinajstić information content (AvgIpc) is 2.83. The van der Waals surface area contributed by atoms with Crippen molar-refractivity contribution < 1.29 is 13.2 Å². The quantitative estimate of drug-likeness (QED) is 0.762. The SMILES string of the molecule is Cc1cc(NC(=O)c2cc(S(=O)(=O)N3CCCCCC3)cn2C)ccc1Br. The van der Waals surface area contributed by atoms with Gasteiger partial charge in [0.1, 0.15) is 10.6 Å². The second-order valence-corrected chi connectivity index (χ2v) is 9.70. The highest BCUT2D eigenvalue weighted by atomic mass is 79.9. The molecule has 0 bridgehead atoms. The molecule has 2 heterocycles. The summed E-state index contributed by atoms with van der Waals surface area (Å²) in [6, 6.07) is 6.99. The Labute approximate surface area is 168 Å². The number of anilines is 1. The van der Waals surface area contributed by atoms with E-state index in [1.165, 1.54) is 16.6 Å². The summed E-state index contributed by atoms with van der Waals surface area (Å²) in [5.74, 6) is -0.337. The van der Waals surface area contributed by atoms with Gasteiger partial charge in [-0.1, -0.05) is 28.8 Å². The smallest absolute Gasteiger partial charge is 0.272 e. The molecule has 1 saturated heterocycles. The van der Waals surface area contributed by atoms with Gasteiger partial charge in [0.2, 0.25) is 10.0 Å². The Balaban J connectivity index is 1.82. The van der Waals surface area contributed by atoms with Gasteiger partial charge in [0, 0.05) is 36.5 Å². The Hall–Kier alpha value is -1.64. The van der Waals surface area contributed by atoms with Crippen LogP contribution in [0.3, 0.4) is 0 Å². The predicted molar refractivity (Wildman–Crippen MR) is 109 cm³/mol. The third-order valence-electron chi connectivity index (χ3n) is 4.83. The molecule has 1 amide bonds. The van der Waals surface area contributed by atoms with E-state index in [0.717, 1.165) is 35.7 Å². The Morgan fingerprint density at radius 2 is 1.78 bits per heavy atom. The molecule has 1 aromatic heterocycles. The molecule has 0 saturated carbocycles. The van der Waals surface area contributed by atoms with Crippen molar-refractivity contribution >= 4 is 37.5 Å². The first-order chi connectivity index (χ1) is 12.8. The second-order valence-electron chi connectivity index (χ2n) is 6.91. The van der Waals surface area contributed by atoms with Crippen LogP contribution in [0.25, 0.3) is 0 Å². The van der Waals surface area contributed by atoms with Crippen LogP contribution < -0.4 is 5.32 Å². The number of hydrogen-bond donors (Lipinski definition) is 1. The van der Waals surface area contributed by atoms with E-state index in [0.29, 0.717) is 24.5 Å². The summed E-state index contributed by atoms with van der Waals surface area (Å²) in [6.45, 7) is 3.02. The molecule has 2 aromatic rings. The number of nitrogens with one attached hydrogen (secondary N) is 1. The van der Waals surface area contributed by atoms with E-state index in [1.807, 2.05) is 19.1 Å². The number of halogens is 1. The molecule has 0 radical (unpaired) electrons. The number of aromatic nitrogens is 1. The molecule has 8 heteroatoms. The van der Waals surface area contributed by atoms with Gasteiger partial charge in [0.05, 0.1) is 0 Å². The normalized spacial score (nSPS) is 16.1. The van der Waals surface area contributed by atoms with E-state index in [2.05, 4.69) is 21.2 Å². The lowest BCUT2D eigenvalue weighted by Crippen LogP contribution is -2.31. The lowest BCUT2D eigenvalue weighted by atomic mass is 10.2. The monoisotopic (exact) mass is 453 g/mol. The van der Waals surface area contributed by atoms with Crippen LogP contribution >= 0.6 is 15.9 Å². The number of aryl methyl sites for hydroxylation is 2. The fraction of sp³-hybridized carbons (Fsp3) is 0.421. The number of rotatable bonds is 4. The molecule has 0 atom stereocenters. The summed E-state index contributed by atoms with van der Waals surface area (Å²) in [5.41, 5.74) is 1.98. The highest BCUT2D eigenvalue weighted by Crippen LogP contribution is 2.24. The van der Waals surface area contributed by atoms with Crippen LogP contribution in [0, 0.1) is 6.92 Å². The number of benzene rings is 1. The molecule has 0 aliphatic carbocycles. The van der Waals surface area contributed by atoms with Crippen LogP contribution in [0.4, 0.5) is 5.69 Å². The van der Waals surface area contributed by atoms with Crippen molar-refractivity contribution in [2.75, 3.05) is 18.4 Å². The van der Waals surface area contributed by atoms with E-state index >= 15 is 0 Å². The summed E-state index contributed by atoms with van der Waals surface area (Å²) >= 11 is 3.43. The fourth-order valence-electron chi connectivity index (χ4n) is 3.25. The van der Waals surface area contributed by atoms with Crippen LogP contribution in [0.15, 0.2) is 39.8 Å². The standard InChI is InChI=1S/C19H24BrN3O3S/c1-14-11-15(7-8-17(14)20)21-19(24)18-12-16(13-22(18)2)27(25,26)23-9-5-3-4-6-10-23/h7-8,11-13H,3-6,9-10H2,1-2H3,(H,21,24). The van der Waals surface area contributed by atoms with Gasteiger partial charge in [-0.05, 0) is 49.6 Å². The van der Waals surface area contributed by atoms with Gasteiger partial charge < -0.3 is 9.88 Å². The maximum absolute atomic E-state index is 12.9. The highest BCUT2D eigenvalue weighted by Gasteiger charge is 2.28. The minimum Gasteiger partial charge on any atom is -0.345 e. The molecule has 1 aliphatic heterocycles. The lowest BCUT2D eigenvalue weighted by molar-refractivity contribution is 0.101. The first-order valence-corrected chi connectivity index (χ1v) is 11.3. The molecule has 146 valence electrons. The molecular formula is C19H24BrN3O3S.